The molecule has 0 fully saturated rings. The third-order valence-corrected chi connectivity index (χ3v) is 4.00. The zero-order valence-corrected chi connectivity index (χ0v) is 11.5. The Morgan fingerprint density at radius 1 is 1.06 bits per heavy atom. The molecule has 0 aliphatic carbocycles. The average molecular weight is 264 g/mol. The van der Waals surface area contributed by atoms with Gasteiger partial charge in [-0.2, -0.15) is 0 Å². The first kappa shape index (κ1) is 12.9. The molecule has 0 spiro atoms. The lowest BCUT2D eigenvalue weighted by atomic mass is 9.92. The largest absolute Gasteiger partial charge is 0.496 e. The molecule has 1 atom stereocenters. The highest BCUT2D eigenvalue weighted by atomic mass is 32.1. The summed E-state index contributed by atoms with van der Waals surface area (Å²) in [6.45, 7) is 1.75. The van der Waals surface area contributed by atoms with Crippen LogP contribution in [0.5, 0.6) is 11.5 Å². The monoisotopic (exact) mass is 264 g/mol. The van der Waals surface area contributed by atoms with Gasteiger partial charge in [-0.1, -0.05) is 12.1 Å². The van der Waals surface area contributed by atoms with Crippen molar-refractivity contribution in [3.05, 3.63) is 46.2 Å². The molecule has 0 bridgehead atoms. The van der Waals surface area contributed by atoms with Gasteiger partial charge < -0.3 is 14.6 Å². The Morgan fingerprint density at radius 3 is 2.11 bits per heavy atom. The summed E-state index contributed by atoms with van der Waals surface area (Å²) in [5.41, 5.74) is -0.482. The Hall–Kier alpha value is -1.52. The van der Waals surface area contributed by atoms with Crippen LogP contribution in [-0.2, 0) is 5.60 Å². The fourth-order valence-electron chi connectivity index (χ4n) is 2.01. The molecule has 0 saturated heterocycles. The molecule has 18 heavy (non-hydrogen) atoms. The highest BCUT2D eigenvalue weighted by Crippen LogP contribution is 2.42. The standard InChI is InChI=1S/C14H16O3S/c1-14(15,12-8-5-9-18-12)13-10(16-2)6-4-7-11(13)17-3/h4-9,15H,1-3H3. The molecule has 0 aliphatic heterocycles. The summed E-state index contributed by atoms with van der Waals surface area (Å²) < 4.78 is 10.7. The van der Waals surface area contributed by atoms with E-state index in [2.05, 4.69) is 0 Å². The van der Waals surface area contributed by atoms with E-state index in [1.54, 1.807) is 21.1 Å². The van der Waals surface area contributed by atoms with Crippen molar-refractivity contribution in [1.29, 1.82) is 0 Å². The topological polar surface area (TPSA) is 38.7 Å². The Kier molecular flexibility index (Phi) is 3.59. The van der Waals surface area contributed by atoms with Crippen molar-refractivity contribution in [3.8, 4) is 11.5 Å². The van der Waals surface area contributed by atoms with Crippen LogP contribution in [0.4, 0.5) is 0 Å². The van der Waals surface area contributed by atoms with Gasteiger partial charge in [0.25, 0.3) is 0 Å². The van der Waals surface area contributed by atoms with Crippen LogP contribution in [0, 0.1) is 0 Å². The second kappa shape index (κ2) is 5.00. The van der Waals surface area contributed by atoms with E-state index in [0.29, 0.717) is 17.1 Å². The lowest BCUT2D eigenvalue weighted by Gasteiger charge is -2.26. The first-order valence-corrected chi connectivity index (χ1v) is 6.47. The predicted octanol–water partition coefficient (Wildman–Crippen LogP) is 3.02. The number of hydrogen-bond donors (Lipinski definition) is 1. The minimum atomic E-state index is -1.13. The number of hydrogen-bond acceptors (Lipinski definition) is 4. The van der Waals surface area contributed by atoms with Crippen molar-refractivity contribution in [1.82, 2.24) is 0 Å². The Morgan fingerprint density at radius 2 is 1.67 bits per heavy atom. The van der Waals surface area contributed by atoms with Crippen molar-refractivity contribution in [2.24, 2.45) is 0 Å². The van der Waals surface area contributed by atoms with Gasteiger partial charge in [-0.15, -0.1) is 11.3 Å². The second-order valence-corrected chi connectivity index (χ2v) is 5.03. The van der Waals surface area contributed by atoms with Gasteiger partial charge in [0.05, 0.1) is 19.8 Å². The average Bonchev–Trinajstić information content (AvgIpc) is 2.92. The second-order valence-electron chi connectivity index (χ2n) is 4.09. The lowest BCUT2D eigenvalue weighted by molar-refractivity contribution is 0.0994. The van der Waals surface area contributed by atoms with Crippen molar-refractivity contribution < 1.29 is 14.6 Å². The van der Waals surface area contributed by atoms with Gasteiger partial charge in [-0.25, -0.2) is 0 Å². The van der Waals surface area contributed by atoms with Gasteiger partial charge in [0, 0.05) is 4.88 Å². The van der Waals surface area contributed by atoms with Crippen molar-refractivity contribution in [2.75, 3.05) is 14.2 Å². The van der Waals surface area contributed by atoms with Crippen LogP contribution in [0.2, 0.25) is 0 Å². The number of methoxy groups -OCH3 is 2. The number of ether oxygens (including phenoxy) is 2. The molecule has 2 rings (SSSR count). The smallest absolute Gasteiger partial charge is 0.129 e. The van der Waals surface area contributed by atoms with E-state index >= 15 is 0 Å². The number of aliphatic hydroxyl groups is 1. The van der Waals surface area contributed by atoms with E-state index in [4.69, 9.17) is 9.47 Å². The first-order valence-electron chi connectivity index (χ1n) is 5.59. The van der Waals surface area contributed by atoms with Crippen LogP contribution in [0.15, 0.2) is 35.7 Å². The molecule has 3 nitrogen and oxygen atoms in total. The van der Waals surface area contributed by atoms with Crippen LogP contribution < -0.4 is 9.47 Å². The van der Waals surface area contributed by atoms with E-state index in [1.165, 1.54) is 11.3 Å². The molecule has 0 aliphatic rings. The van der Waals surface area contributed by atoms with E-state index in [1.807, 2.05) is 35.7 Å². The van der Waals surface area contributed by atoms with E-state index in [0.717, 1.165) is 4.88 Å². The first-order chi connectivity index (χ1) is 8.61. The Balaban J connectivity index is 2.62. The molecule has 1 unspecified atom stereocenters. The van der Waals surface area contributed by atoms with Gasteiger partial charge in [0.1, 0.15) is 17.1 Å². The summed E-state index contributed by atoms with van der Waals surface area (Å²) >= 11 is 1.50. The number of rotatable bonds is 4. The zero-order valence-electron chi connectivity index (χ0n) is 10.6. The third kappa shape index (κ3) is 2.09. The van der Waals surface area contributed by atoms with Crippen LogP contribution >= 0.6 is 11.3 Å². The Bertz CT molecular complexity index is 496. The molecular weight excluding hydrogens is 248 g/mol. The molecular formula is C14H16O3S. The van der Waals surface area contributed by atoms with E-state index < -0.39 is 5.60 Å². The molecule has 2 aromatic rings. The highest BCUT2D eigenvalue weighted by molar-refractivity contribution is 7.10. The van der Waals surface area contributed by atoms with Crippen molar-refractivity contribution in [3.63, 3.8) is 0 Å². The van der Waals surface area contributed by atoms with E-state index in [-0.39, 0.29) is 0 Å². The number of benzene rings is 1. The van der Waals surface area contributed by atoms with Crippen LogP contribution in [0.1, 0.15) is 17.4 Å². The van der Waals surface area contributed by atoms with Gasteiger partial charge >= 0.3 is 0 Å². The Labute approximate surface area is 111 Å². The maximum absolute atomic E-state index is 10.8. The van der Waals surface area contributed by atoms with Crippen molar-refractivity contribution >= 4 is 11.3 Å². The normalized spacial score (nSPS) is 14.0. The maximum atomic E-state index is 10.8. The predicted molar refractivity (Wildman–Crippen MR) is 72.5 cm³/mol. The van der Waals surface area contributed by atoms with Crippen LogP contribution in [0.3, 0.4) is 0 Å². The molecule has 96 valence electrons. The van der Waals surface area contributed by atoms with Gasteiger partial charge in [0.2, 0.25) is 0 Å². The molecule has 4 heteroatoms. The van der Waals surface area contributed by atoms with Gasteiger partial charge in [0.15, 0.2) is 0 Å². The highest BCUT2D eigenvalue weighted by Gasteiger charge is 2.33. The fraction of sp³-hybridized carbons (Fsp3) is 0.286. The minimum Gasteiger partial charge on any atom is -0.496 e. The summed E-state index contributed by atoms with van der Waals surface area (Å²) in [6.07, 6.45) is 0. The molecule has 1 aromatic heterocycles. The molecule has 1 heterocycles. The quantitative estimate of drug-likeness (QED) is 0.922. The van der Waals surface area contributed by atoms with Crippen molar-refractivity contribution in [2.45, 2.75) is 12.5 Å². The van der Waals surface area contributed by atoms with Crippen LogP contribution in [-0.4, -0.2) is 19.3 Å². The number of thiophene rings is 1. The molecule has 0 radical (unpaired) electrons. The SMILES string of the molecule is COc1cccc(OC)c1C(C)(O)c1cccs1. The minimum absolute atomic E-state index is 0.618. The third-order valence-electron chi connectivity index (χ3n) is 2.92. The fourth-order valence-corrected chi connectivity index (χ4v) is 2.80. The zero-order chi connectivity index (χ0) is 13.2. The summed E-state index contributed by atoms with van der Waals surface area (Å²) in [5, 5.41) is 12.8. The summed E-state index contributed by atoms with van der Waals surface area (Å²) in [6, 6.07) is 9.29. The summed E-state index contributed by atoms with van der Waals surface area (Å²) in [5.74, 6) is 1.24. The van der Waals surface area contributed by atoms with Gasteiger partial charge in [-0.05, 0) is 30.5 Å². The molecule has 1 N–H and O–H groups in total. The van der Waals surface area contributed by atoms with Gasteiger partial charge in [-0.3, -0.25) is 0 Å². The summed E-state index contributed by atoms with van der Waals surface area (Å²) in [4.78, 5) is 0.852. The van der Waals surface area contributed by atoms with E-state index in [9.17, 15) is 5.11 Å². The molecule has 0 saturated carbocycles. The maximum Gasteiger partial charge on any atom is 0.129 e. The summed E-state index contributed by atoms with van der Waals surface area (Å²) in [7, 11) is 3.17. The molecule has 0 amide bonds. The lowest BCUT2D eigenvalue weighted by Crippen LogP contribution is -2.23. The molecule has 1 aromatic carbocycles. The van der Waals surface area contributed by atoms with Crippen LogP contribution in [0.25, 0.3) is 0 Å².